The molecule has 0 aliphatic heterocycles. The maximum Gasteiger partial charge on any atom is 0.0136 e. The third-order valence-electron chi connectivity index (χ3n) is 2.70. The Morgan fingerprint density at radius 3 is 2.33 bits per heavy atom. The van der Waals surface area contributed by atoms with E-state index in [4.69, 9.17) is 0 Å². The lowest BCUT2D eigenvalue weighted by Crippen LogP contribution is -1.95. The molecule has 2 rings (SSSR count). The number of hydrogen-bond donors (Lipinski definition) is 0. The van der Waals surface area contributed by atoms with Crippen molar-refractivity contribution in [3.8, 4) is 0 Å². The van der Waals surface area contributed by atoms with E-state index in [-0.39, 0.29) is 0 Å². The fraction of sp³-hybridized carbons (Fsp3) is 0.500. The van der Waals surface area contributed by atoms with Crippen molar-refractivity contribution in [2.24, 2.45) is 5.92 Å². The van der Waals surface area contributed by atoms with Gasteiger partial charge in [-0.1, -0.05) is 42.4 Å². The van der Waals surface area contributed by atoms with E-state index in [9.17, 15) is 0 Å². The van der Waals surface area contributed by atoms with Gasteiger partial charge in [-0.2, -0.15) is 0 Å². The molecule has 12 heavy (non-hydrogen) atoms. The first kappa shape index (κ1) is 7.85. The van der Waals surface area contributed by atoms with Crippen LogP contribution in [0.4, 0.5) is 0 Å². The van der Waals surface area contributed by atoms with Crippen LogP contribution in [0.3, 0.4) is 0 Å². The first-order valence-electron chi connectivity index (χ1n) is 5.00. The van der Waals surface area contributed by atoms with Crippen LogP contribution in [0.1, 0.15) is 32.1 Å². The van der Waals surface area contributed by atoms with Gasteiger partial charge in [0, 0.05) is 5.92 Å². The molecule has 2 aliphatic carbocycles. The monoisotopic (exact) mass is 160 g/mol. The second kappa shape index (κ2) is 3.75. The van der Waals surface area contributed by atoms with Crippen LogP contribution in [-0.4, -0.2) is 0 Å². The fourth-order valence-corrected chi connectivity index (χ4v) is 2.00. The Bertz CT molecular complexity index is 210. The summed E-state index contributed by atoms with van der Waals surface area (Å²) in [6.45, 7) is 0. The van der Waals surface area contributed by atoms with Crippen molar-refractivity contribution >= 4 is 0 Å². The van der Waals surface area contributed by atoms with E-state index >= 15 is 0 Å². The summed E-state index contributed by atoms with van der Waals surface area (Å²) >= 11 is 0. The van der Waals surface area contributed by atoms with Crippen LogP contribution in [0.15, 0.2) is 36.0 Å². The van der Waals surface area contributed by atoms with Crippen molar-refractivity contribution in [3.05, 3.63) is 36.0 Å². The fourth-order valence-electron chi connectivity index (χ4n) is 2.00. The summed E-state index contributed by atoms with van der Waals surface area (Å²) in [7, 11) is 0. The van der Waals surface area contributed by atoms with Gasteiger partial charge in [0.1, 0.15) is 0 Å². The van der Waals surface area contributed by atoms with E-state index in [1.165, 1.54) is 32.1 Å². The van der Waals surface area contributed by atoms with Crippen LogP contribution in [-0.2, 0) is 0 Å². The zero-order valence-corrected chi connectivity index (χ0v) is 7.50. The molecule has 1 fully saturated rings. The summed E-state index contributed by atoms with van der Waals surface area (Å²) in [6, 6.07) is 0. The normalized spacial score (nSPS) is 23.5. The molecule has 0 heteroatoms. The van der Waals surface area contributed by atoms with Gasteiger partial charge < -0.3 is 0 Å². The maximum atomic E-state index is 2.44. The molecule has 0 radical (unpaired) electrons. The second-order valence-corrected chi connectivity index (χ2v) is 3.73. The molecule has 0 bridgehead atoms. The van der Waals surface area contributed by atoms with Gasteiger partial charge >= 0.3 is 0 Å². The highest BCUT2D eigenvalue weighted by atomic mass is 14.1. The smallest absolute Gasteiger partial charge is 0.0136 e. The minimum absolute atomic E-state index is 0.609. The maximum absolute atomic E-state index is 2.44. The second-order valence-electron chi connectivity index (χ2n) is 3.73. The first-order valence-corrected chi connectivity index (χ1v) is 5.00. The highest BCUT2D eigenvalue weighted by Gasteiger charge is 2.07. The molecule has 0 unspecified atom stereocenters. The number of hydrogen-bond acceptors (Lipinski definition) is 0. The minimum atomic E-state index is 0.609. The summed E-state index contributed by atoms with van der Waals surface area (Å²) in [6.07, 6.45) is 18.2. The van der Waals surface area contributed by atoms with Crippen LogP contribution in [0.25, 0.3) is 0 Å². The Morgan fingerprint density at radius 2 is 1.67 bits per heavy atom. The summed E-state index contributed by atoms with van der Waals surface area (Å²) < 4.78 is 0. The van der Waals surface area contributed by atoms with E-state index in [1.54, 1.807) is 5.57 Å². The zero-order valence-electron chi connectivity index (χ0n) is 7.50. The molecule has 0 nitrogen and oxygen atoms in total. The van der Waals surface area contributed by atoms with Crippen LogP contribution in [0.5, 0.6) is 0 Å². The third-order valence-corrected chi connectivity index (χ3v) is 2.70. The third kappa shape index (κ3) is 1.88. The lowest BCUT2D eigenvalue weighted by atomic mass is 9.92. The molecule has 2 aliphatic rings. The first-order chi connectivity index (χ1) is 5.95. The number of rotatable bonds is 1. The van der Waals surface area contributed by atoms with E-state index < -0.39 is 0 Å². The summed E-state index contributed by atoms with van der Waals surface area (Å²) in [5.41, 5.74) is 1.68. The van der Waals surface area contributed by atoms with Crippen molar-refractivity contribution in [3.63, 3.8) is 0 Å². The lowest BCUT2D eigenvalue weighted by molar-refractivity contribution is 0.595. The molecule has 0 atom stereocenters. The Kier molecular flexibility index (Phi) is 2.45. The van der Waals surface area contributed by atoms with Crippen molar-refractivity contribution in [2.45, 2.75) is 32.1 Å². The van der Waals surface area contributed by atoms with Crippen molar-refractivity contribution < 1.29 is 0 Å². The average molecular weight is 160 g/mol. The lowest BCUT2D eigenvalue weighted by Gasteiger charge is -2.14. The quantitative estimate of drug-likeness (QED) is 0.514. The van der Waals surface area contributed by atoms with Gasteiger partial charge in [0.25, 0.3) is 0 Å². The molecule has 0 aromatic heterocycles. The average Bonchev–Trinajstić information content (AvgIpc) is 2.59. The Morgan fingerprint density at radius 1 is 1.00 bits per heavy atom. The van der Waals surface area contributed by atoms with E-state index in [0.29, 0.717) is 5.92 Å². The Balaban J connectivity index is 1.96. The standard InChI is InChI=1S/C12H16/c1-2-6-11(7-3-1)10-12-8-4-5-9-12/h4-5,8-10,12H,1-3,6-7H2. The van der Waals surface area contributed by atoms with E-state index in [0.717, 1.165) is 0 Å². The predicted octanol–water partition coefficient (Wildman–Crippen LogP) is 3.62. The zero-order chi connectivity index (χ0) is 8.23. The minimum Gasteiger partial charge on any atom is -0.0746 e. The summed E-state index contributed by atoms with van der Waals surface area (Å²) in [5.74, 6) is 0.609. The van der Waals surface area contributed by atoms with Crippen molar-refractivity contribution in [1.82, 2.24) is 0 Å². The molecular formula is C12H16. The topological polar surface area (TPSA) is 0 Å². The summed E-state index contributed by atoms with van der Waals surface area (Å²) in [5, 5.41) is 0. The van der Waals surface area contributed by atoms with Crippen LogP contribution in [0, 0.1) is 5.92 Å². The van der Waals surface area contributed by atoms with Gasteiger partial charge in [-0.05, 0) is 25.7 Å². The van der Waals surface area contributed by atoms with Gasteiger partial charge in [-0.25, -0.2) is 0 Å². The molecule has 0 heterocycles. The molecule has 0 aromatic carbocycles. The SMILES string of the molecule is C1=CC(C=C2CCCCC2)C=C1. The van der Waals surface area contributed by atoms with Crippen LogP contribution >= 0.6 is 0 Å². The molecule has 0 saturated heterocycles. The number of allylic oxidation sites excluding steroid dienone is 6. The van der Waals surface area contributed by atoms with Gasteiger partial charge in [0.2, 0.25) is 0 Å². The highest BCUT2D eigenvalue weighted by Crippen LogP contribution is 2.25. The van der Waals surface area contributed by atoms with Gasteiger partial charge in [0.15, 0.2) is 0 Å². The van der Waals surface area contributed by atoms with Gasteiger partial charge in [0.05, 0.1) is 0 Å². The Labute approximate surface area is 74.7 Å². The Hall–Kier alpha value is -0.780. The van der Waals surface area contributed by atoms with E-state index in [1.807, 2.05) is 0 Å². The molecule has 0 spiro atoms. The van der Waals surface area contributed by atoms with Crippen molar-refractivity contribution in [1.29, 1.82) is 0 Å². The molecule has 1 saturated carbocycles. The molecule has 0 aromatic rings. The van der Waals surface area contributed by atoms with Crippen LogP contribution < -0.4 is 0 Å². The molecule has 64 valence electrons. The molecule has 0 amide bonds. The van der Waals surface area contributed by atoms with Gasteiger partial charge in [-0.3, -0.25) is 0 Å². The molecular weight excluding hydrogens is 144 g/mol. The molecule has 0 N–H and O–H groups in total. The van der Waals surface area contributed by atoms with Crippen molar-refractivity contribution in [2.75, 3.05) is 0 Å². The van der Waals surface area contributed by atoms with Gasteiger partial charge in [-0.15, -0.1) is 0 Å². The van der Waals surface area contributed by atoms with E-state index in [2.05, 4.69) is 30.4 Å². The summed E-state index contributed by atoms with van der Waals surface area (Å²) in [4.78, 5) is 0. The van der Waals surface area contributed by atoms with Crippen LogP contribution in [0.2, 0.25) is 0 Å². The predicted molar refractivity (Wildman–Crippen MR) is 52.9 cm³/mol. The largest absolute Gasteiger partial charge is 0.0746 e. The highest BCUT2D eigenvalue weighted by molar-refractivity contribution is 5.25.